The molecule has 0 saturated heterocycles. The molecule has 2 aromatic carbocycles. The van der Waals surface area contributed by atoms with Crippen molar-refractivity contribution >= 4 is 22.7 Å². The molecule has 0 saturated carbocycles. The number of carbonyl (C=O) groups excluding carboxylic acids is 2. The molecular weight excluding hydrogens is 470 g/mol. The normalized spacial score (nSPS) is 13.0. The number of rotatable bonds is 11. The van der Waals surface area contributed by atoms with Crippen LogP contribution in [0.3, 0.4) is 0 Å². The average Bonchev–Trinajstić information content (AvgIpc) is 3.48. The second-order valence-corrected chi connectivity index (χ2v) is 9.11. The fourth-order valence-electron chi connectivity index (χ4n) is 4.29. The van der Waals surface area contributed by atoms with Crippen LogP contribution in [0.5, 0.6) is 0 Å². The number of aryl methyl sites for hydroxylation is 2. The Labute approximate surface area is 215 Å². The highest BCUT2D eigenvalue weighted by molar-refractivity contribution is 6.08. The summed E-state index contributed by atoms with van der Waals surface area (Å²) < 4.78 is 9.01. The molecule has 2 aromatic heterocycles. The number of carbonyl (C=O) groups is 2. The summed E-state index contributed by atoms with van der Waals surface area (Å²) in [5.41, 5.74) is 13.8. The van der Waals surface area contributed by atoms with Gasteiger partial charge in [-0.3, -0.25) is 10.1 Å². The Bertz CT molecular complexity index is 1380. The zero-order chi connectivity index (χ0) is 26.4. The highest BCUT2D eigenvalue weighted by Gasteiger charge is 2.20. The quantitative estimate of drug-likeness (QED) is 0.161. The number of fused-ring (bicyclic) bond motifs is 1. The first-order valence-corrected chi connectivity index (χ1v) is 12.3. The van der Waals surface area contributed by atoms with Crippen molar-refractivity contribution in [1.29, 1.82) is 0 Å². The second-order valence-electron chi connectivity index (χ2n) is 9.11. The van der Waals surface area contributed by atoms with E-state index in [4.69, 9.17) is 16.2 Å². The lowest BCUT2D eigenvalue weighted by molar-refractivity contribution is -0.138. The predicted molar refractivity (Wildman–Crippen MR) is 140 cm³/mol. The Balaban J connectivity index is 1.34. The molecule has 2 unspecified atom stereocenters. The summed E-state index contributed by atoms with van der Waals surface area (Å²) in [4.78, 5) is 33.8. The minimum absolute atomic E-state index is 0.0913. The molecule has 0 radical (unpaired) electrons. The lowest BCUT2D eigenvalue weighted by Gasteiger charge is -2.16. The summed E-state index contributed by atoms with van der Waals surface area (Å²) >= 11 is 0. The summed E-state index contributed by atoms with van der Waals surface area (Å²) in [7, 11) is 3.84. The van der Waals surface area contributed by atoms with E-state index in [1.807, 2.05) is 66.0 Å². The van der Waals surface area contributed by atoms with Gasteiger partial charge in [0.15, 0.2) is 0 Å². The number of benzene rings is 2. The van der Waals surface area contributed by atoms with Crippen LogP contribution < -0.4 is 16.8 Å². The zero-order valence-electron chi connectivity index (χ0n) is 21.1. The first-order chi connectivity index (χ1) is 17.8. The maximum atomic E-state index is 12.9. The molecule has 5 N–H and O–H groups in total. The molecule has 2 heterocycles. The molecule has 10 heteroatoms. The third-order valence-electron chi connectivity index (χ3n) is 6.45. The molecule has 10 nitrogen and oxygen atoms in total. The van der Waals surface area contributed by atoms with Gasteiger partial charge in [-0.25, -0.2) is 14.8 Å². The second kappa shape index (κ2) is 11.9. The molecular formula is C27H33N7O3. The van der Waals surface area contributed by atoms with E-state index in [1.165, 1.54) is 0 Å². The van der Waals surface area contributed by atoms with E-state index in [-0.39, 0.29) is 18.6 Å². The van der Waals surface area contributed by atoms with Crippen LogP contribution in [0.2, 0.25) is 0 Å². The number of imidazole rings is 2. The summed E-state index contributed by atoms with van der Waals surface area (Å²) in [5.74, 6) is 0.483. The van der Waals surface area contributed by atoms with E-state index < -0.39 is 11.9 Å². The van der Waals surface area contributed by atoms with Gasteiger partial charge in [-0.2, -0.15) is 0 Å². The van der Waals surface area contributed by atoms with Crippen LogP contribution in [-0.2, 0) is 36.6 Å². The van der Waals surface area contributed by atoms with Crippen LogP contribution in [-0.4, -0.2) is 37.2 Å². The highest BCUT2D eigenvalue weighted by Crippen LogP contribution is 2.28. The molecule has 4 aromatic rings. The van der Waals surface area contributed by atoms with Gasteiger partial charge in [0, 0.05) is 57.8 Å². The summed E-state index contributed by atoms with van der Waals surface area (Å²) in [5, 5.41) is 4.71. The number of aromatic nitrogens is 4. The van der Waals surface area contributed by atoms with Crippen molar-refractivity contribution in [2.45, 2.75) is 44.4 Å². The smallest absolute Gasteiger partial charge is 0.346 e. The first kappa shape index (κ1) is 26.2. The summed E-state index contributed by atoms with van der Waals surface area (Å²) in [6.07, 6.45) is 8.59. The van der Waals surface area contributed by atoms with E-state index >= 15 is 0 Å². The predicted octanol–water partition coefficient (Wildman–Crippen LogP) is 2.48. The number of nitrogens with zero attached hydrogens (tertiary/aromatic N) is 4. The Hall–Kier alpha value is -3.86. The monoisotopic (exact) mass is 503 g/mol. The number of esters is 2. The van der Waals surface area contributed by atoms with E-state index in [0.717, 1.165) is 22.6 Å². The molecule has 4 rings (SSSR count). The molecule has 2 atom stereocenters. The number of hydrogen-bond acceptors (Lipinski definition) is 8. The summed E-state index contributed by atoms with van der Waals surface area (Å²) in [6.45, 7) is 0.530. The van der Waals surface area contributed by atoms with E-state index in [2.05, 4.69) is 15.3 Å². The lowest BCUT2D eigenvalue weighted by atomic mass is 9.94. The van der Waals surface area contributed by atoms with Crippen molar-refractivity contribution < 1.29 is 14.3 Å². The third-order valence-corrected chi connectivity index (χ3v) is 6.45. The van der Waals surface area contributed by atoms with Gasteiger partial charge >= 0.3 is 11.9 Å². The zero-order valence-corrected chi connectivity index (χ0v) is 21.1. The Morgan fingerprint density at radius 3 is 2.32 bits per heavy atom. The van der Waals surface area contributed by atoms with Crippen molar-refractivity contribution in [2.75, 3.05) is 0 Å². The van der Waals surface area contributed by atoms with Gasteiger partial charge in [0.25, 0.3) is 0 Å². The van der Waals surface area contributed by atoms with Gasteiger partial charge < -0.3 is 25.3 Å². The Morgan fingerprint density at radius 1 is 0.973 bits per heavy atom. The van der Waals surface area contributed by atoms with E-state index in [9.17, 15) is 9.59 Å². The van der Waals surface area contributed by atoms with E-state index in [1.54, 1.807) is 18.5 Å². The molecule has 0 aliphatic heterocycles. The fourth-order valence-corrected chi connectivity index (χ4v) is 4.29. The average molecular weight is 504 g/mol. The van der Waals surface area contributed by atoms with Crippen LogP contribution >= 0.6 is 0 Å². The van der Waals surface area contributed by atoms with Crippen molar-refractivity contribution in [2.24, 2.45) is 25.6 Å². The van der Waals surface area contributed by atoms with Gasteiger partial charge in [-0.15, -0.1) is 0 Å². The highest BCUT2D eigenvalue weighted by atomic mass is 16.6. The molecule has 0 fully saturated rings. The van der Waals surface area contributed by atoms with Gasteiger partial charge in [0.1, 0.15) is 11.6 Å². The molecule has 0 aliphatic rings. The van der Waals surface area contributed by atoms with Crippen molar-refractivity contribution in [3.8, 4) is 0 Å². The van der Waals surface area contributed by atoms with Crippen LogP contribution in [0.1, 0.15) is 52.9 Å². The molecule has 194 valence electrons. The first-order valence-electron chi connectivity index (χ1n) is 12.3. The maximum Gasteiger partial charge on any atom is 0.346 e. The van der Waals surface area contributed by atoms with Crippen LogP contribution in [0, 0.1) is 0 Å². The van der Waals surface area contributed by atoms with Crippen molar-refractivity contribution in [1.82, 2.24) is 24.4 Å². The molecule has 0 spiro atoms. The van der Waals surface area contributed by atoms with Crippen LogP contribution in [0.25, 0.3) is 10.8 Å². The fraction of sp³-hybridized carbons (Fsp3) is 0.333. The molecule has 0 amide bonds. The molecule has 0 aliphatic carbocycles. The van der Waals surface area contributed by atoms with Crippen LogP contribution in [0.15, 0.2) is 61.2 Å². The van der Waals surface area contributed by atoms with Gasteiger partial charge in [0.05, 0.1) is 18.3 Å². The SMILES string of the molecule is Cn1ccnc1CNC(N)CCCC(=O)OC(=O)c1ccc(C(N)Cc2nccn2C)c2ccccc12. The summed E-state index contributed by atoms with van der Waals surface area (Å²) in [6, 6.07) is 10.7. The van der Waals surface area contributed by atoms with Crippen molar-refractivity contribution in [3.63, 3.8) is 0 Å². The largest absolute Gasteiger partial charge is 0.389 e. The minimum Gasteiger partial charge on any atom is -0.389 e. The number of nitrogens with one attached hydrogen (secondary N) is 1. The van der Waals surface area contributed by atoms with E-state index in [0.29, 0.717) is 36.8 Å². The van der Waals surface area contributed by atoms with Crippen LogP contribution in [0.4, 0.5) is 0 Å². The Kier molecular flexibility index (Phi) is 8.44. The van der Waals surface area contributed by atoms with Gasteiger partial charge in [-0.1, -0.05) is 30.3 Å². The standard InChI is InChI=1S/C27H33N7O3/c1-33-14-12-30-24(33)16-22(28)20-10-11-21(19-7-4-3-6-18(19)20)27(36)37-26(35)9-5-8-23(29)32-17-25-31-13-15-34(25)2/h3-4,6-7,10-15,22-23,32H,5,8-9,16-17,28-29H2,1-2H3. The number of nitrogens with two attached hydrogens (primary N) is 2. The van der Waals surface area contributed by atoms with Crippen molar-refractivity contribution in [3.05, 3.63) is 84.0 Å². The number of ether oxygens (including phenoxy) is 1. The van der Waals surface area contributed by atoms with Gasteiger partial charge in [-0.05, 0) is 35.2 Å². The third kappa shape index (κ3) is 6.48. The topological polar surface area (TPSA) is 143 Å². The minimum atomic E-state index is -0.678. The van der Waals surface area contributed by atoms with Gasteiger partial charge in [0.2, 0.25) is 0 Å². The Morgan fingerprint density at radius 2 is 1.65 bits per heavy atom. The molecule has 37 heavy (non-hydrogen) atoms. The lowest BCUT2D eigenvalue weighted by Crippen LogP contribution is -2.37. The maximum absolute atomic E-state index is 12.9. The number of hydrogen-bond donors (Lipinski definition) is 3. The molecule has 0 bridgehead atoms.